The van der Waals surface area contributed by atoms with Gasteiger partial charge >= 0.3 is 0 Å². The van der Waals surface area contributed by atoms with Gasteiger partial charge in [-0.15, -0.1) is 12.4 Å². The van der Waals surface area contributed by atoms with Gasteiger partial charge in [0.1, 0.15) is 4.90 Å². The highest BCUT2D eigenvalue weighted by molar-refractivity contribution is 7.89. The van der Waals surface area contributed by atoms with Gasteiger partial charge in [0.05, 0.1) is 16.7 Å². The topological polar surface area (TPSA) is 96.0 Å². The number of halogens is 2. The summed E-state index contributed by atoms with van der Waals surface area (Å²) in [6.45, 7) is 0.262. The van der Waals surface area contributed by atoms with Crippen LogP contribution in [0.1, 0.15) is 31.2 Å². The number of nitrogens with one attached hydrogen (secondary N) is 1. The SMILES string of the molecule is Cl.N#Cc1ccc(S(=O)(=O)NC(CN)C2CCCC2)c(Cl)c1. The van der Waals surface area contributed by atoms with Crippen LogP contribution in [0.5, 0.6) is 0 Å². The number of nitrogens with zero attached hydrogens (tertiary/aromatic N) is 1. The van der Waals surface area contributed by atoms with Gasteiger partial charge in [0.25, 0.3) is 0 Å². The highest BCUT2D eigenvalue weighted by Gasteiger charge is 2.29. The van der Waals surface area contributed by atoms with Crippen LogP contribution in [0.15, 0.2) is 23.1 Å². The molecule has 0 bridgehead atoms. The second kappa shape index (κ2) is 8.14. The molecular formula is C14H19Cl2N3O2S. The van der Waals surface area contributed by atoms with Crippen molar-refractivity contribution in [2.45, 2.75) is 36.6 Å². The zero-order valence-electron chi connectivity index (χ0n) is 12.0. The first-order valence-corrected chi connectivity index (χ1v) is 8.76. The molecule has 3 N–H and O–H groups in total. The molecule has 0 radical (unpaired) electrons. The minimum atomic E-state index is -3.74. The average molecular weight is 364 g/mol. The predicted molar refractivity (Wildman–Crippen MR) is 88.5 cm³/mol. The summed E-state index contributed by atoms with van der Waals surface area (Å²) < 4.78 is 27.5. The molecule has 1 aromatic carbocycles. The van der Waals surface area contributed by atoms with Gasteiger partial charge in [0, 0.05) is 12.6 Å². The number of sulfonamides is 1. The fraction of sp³-hybridized carbons (Fsp3) is 0.500. The van der Waals surface area contributed by atoms with Gasteiger partial charge in [-0.3, -0.25) is 0 Å². The molecule has 1 aromatic rings. The Labute approximate surface area is 142 Å². The summed E-state index contributed by atoms with van der Waals surface area (Å²) in [5, 5.41) is 8.84. The Balaban J connectivity index is 0.00000242. The second-order valence-electron chi connectivity index (χ2n) is 5.27. The number of hydrogen-bond donors (Lipinski definition) is 2. The number of benzene rings is 1. The Bertz CT molecular complexity index is 653. The van der Waals surface area contributed by atoms with E-state index in [1.807, 2.05) is 6.07 Å². The molecule has 0 aromatic heterocycles. The maximum atomic E-state index is 12.4. The summed E-state index contributed by atoms with van der Waals surface area (Å²) in [5.41, 5.74) is 6.04. The third kappa shape index (κ3) is 4.34. The van der Waals surface area contributed by atoms with Crippen molar-refractivity contribution in [3.63, 3.8) is 0 Å². The Kier molecular flexibility index (Phi) is 7.10. The lowest BCUT2D eigenvalue weighted by Crippen LogP contribution is -2.44. The molecule has 122 valence electrons. The monoisotopic (exact) mass is 363 g/mol. The van der Waals surface area contributed by atoms with Crippen molar-refractivity contribution in [3.8, 4) is 6.07 Å². The minimum absolute atomic E-state index is 0. The third-order valence-electron chi connectivity index (χ3n) is 3.88. The van der Waals surface area contributed by atoms with Crippen LogP contribution in [0.2, 0.25) is 5.02 Å². The normalized spacial score (nSPS) is 16.8. The van der Waals surface area contributed by atoms with Crippen LogP contribution in [0.3, 0.4) is 0 Å². The molecule has 1 aliphatic carbocycles. The standard InChI is InChI=1S/C14H18ClN3O2S.ClH/c15-12-7-10(8-16)5-6-14(12)21(19,20)18-13(9-17)11-3-1-2-4-11;/h5-7,11,13,18H,1-4,9,17H2;1H. The van der Waals surface area contributed by atoms with Crippen LogP contribution in [-0.4, -0.2) is 21.0 Å². The van der Waals surface area contributed by atoms with Crippen molar-refractivity contribution in [3.05, 3.63) is 28.8 Å². The molecule has 0 amide bonds. The molecule has 0 spiro atoms. The second-order valence-corrected chi connectivity index (χ2v) is 7.35. The van der Waals surface area contributed by atoms with Crippen LogP contribution in [0.4, 0.5) is 0 Å². The maximum Gasteiger partial charge on any atom is 0.242 e. The van der Waals surface area contributed by atoms with Crippen molar-refractivity contribution in [2.24, 2.45) is 11.7 Å². The first-order chi connectivity index (χ1) is 9.97. The van der Waals surface area contributed by atoms with Gasteiger partial charge in [-0.1, -0.05) is 24.4 Å². The van der Waals surface area contributed by atoms with E-state index in [1.54, 1.807) is 0 Å². The van der Waals surface area contributed by atoms with Crippen molar-refractivity contribution in [2.75, 3.05) is 6.54 Å². The van der Waals surface area contributed by atoms with Crippen LogP contribution >= 0.6 is 24.0 Å². The lowest BCUT2D eigenvalue weighted by molar-refractivity contribution is 0.405. The van der Waals surface area contributed by atoms with E-state index in [2.05, 4.69) is 4.72 Å². The van der Waals surface area contributed by atoms with Gasteiger partial charge in [-0.25, -0.2) is 13.1 Å². The summed E-state index contributed by atoms with van der Waals surface area (Å²) in [6.07, 6.45) is 4.21. The maximum absolute atomic E-state index is 12.4. The quantitative estimate of drug-likeness (QED) is 0.839. The molecule has 8 heteroatoms. The molecular weight excluding hydrogens is 345 g/mol. The third-order valence-corrected chi connectivity index (χ3v) is 5.85. The van der Waals surface area contributed by atoms with E-state index in [0.29, 0.717) is 5.56 Å². The fourth-order valence-electron chi connectivity index (χ4n) is 2.75. The van der Waals surface area contributed by atoms with Gasteiger partial charge in [-0.05, 0) is 37.0 Å². The molecule has 0 heterocycles. The highest BCUT2D eigenvalue weighted by atomic mass is 35.5. The first-order valence-electron chi connectivity index (χ1n) is 6.90. The summed E-state index contributed by atoms with van der Waals surface area (Å²) >= 11 is 5.98. The van der Waals surface area contributed by atoms with Crippen LogP contribution < -0.4 is 10.5 Å². The molecule has 0 aliphatic heterocycles. The van der Waals surface area contributed by atoms with Crippen molar-refractivity contribution in [1.29, 1.82) is 5.26 Å². The Morgan fingerprint density at radius 3 is 2.55 bits per heavy atom. The number of hydrogen-bond acceptors (Lipinski definition) is 4. The number of nitriles is 1. The molecule has 1 fully saturated rings. The molecule has 1 unspecified atom stereocenters. The van der Waals surface area contributed by atoms with Crippen molar-refractivity contribution < 1.29 is 8.42 Å². The van der Waals surface area contributed by atoms with E-state index in [4.69, 9.17) is 22.6 Å². The molecule has 2 rings (SSSR count). The van der Waals surface area contributed by atoms with E-state index in [1.165, 1.54) is 18.2 Å². The molecule has 1 saturated carbocycles. The summed E-state index contributed by atoms with van der Waals surface area (Å²) in [7, 11) is -3.74. The van der Waals surface area contributed by atoms with Crippen molar-refractivity contribution >= 4 is 34.0 Å². The Morgan fingerprint density at radius 2 is 2.05 bits per heavy atom. The zero-order chi connectivity index (χ0) is 15.5. The lowest BCUT2D eigenvalue weighted by atomic mass is 9.99. The van der Waals surface area contributed by atoms with E-state index in [-0.39, 0.29) is 40.8 Å². The first kappa shape index (κ1) is 19.2. The lowest BCUT2D eigenvalue weighted by Gasteiger charge is -2.23. The summed E-state index contributed by atoms with van der Waals surface area (Å²) in [6, 6.07) is 5.79. The molecule has 5 nitrogen and oxygen atoms in total. The largest absolute Gasteiger partial charge is 0.329 e. The van der Waals surface area contributed by atoms with E-state index in [0.717, 1.165) is 25.7 Å². The van der Waals surface area contributed by atoms with Gasteiger partial charge < -0.3 is 5.73 Å². The highest BCUT2D eigenvalue weighted by Crippen LogP contribution is 2.29. The number of rotatable bonds is 5. The summed E-state index contributed by atoms with van der Waals surface area (Å²) in [4.78, 5) is -0.0142. The fourth-order valence-corrected chi connectivity index (χ4v) is 4.61. The van der Waals surface area contributed by atoms with Gasteiger partial charge in [0.15, 0.2) is 0 Å². The number of nitrogens with two attached hydrogens (primary N) is 1. The van der Waals surface area contributed by atoms with Gasteiger partial charge in [0.2, 0.25) is 10.0 Å². The van der Waals surface area contributed by atoms with Crippen LogP contribution in [0, 0.1) is 17.2 Å². The smallest absolute Gasteiger partial charge is 0.242 e. The Hall–Kier alpha value is -0.840. The molecule has 1 atom stereocenters. The van der Waals surface area contributed by atoms with E-state index >= 15 is 0 Å². The molecule has 0 saturated heterocycles. The van der Waals surface area contributed by atoms with Gasteiger partial charge in [-0.2, -0.15) is 5.26 Å². The minimum Gasteiger partial charge on any atom is -0.329 e. The molecule has 1 aliphatic rings. The zero-order valence-corrected chi connectivity index (χ0v) is 14.3. The van der Waals surface area contributed by atoms with E-state index < -0.39 is 10.0 Å². The van der Waals surface area contributed by atoms with Crippen LogP contribution in [-0.2, 0) is 10.0 Å². The predicted octanol–water partition coefficient (Wildman–Crippen LogP) is 2.43. The molecule has 22 heavy (non-hydrogen) atoms. The van der Waals surface area contributed by atoms with E-state index in [9.17, 15) is 8.42 Å². The summed E-state index contributed by atoms with van der Waals surface area (Å²) in [5.74, 6) is 0.280. The van der Waals surface area contributed by atoms with Crippen LogP contribution in [0.25, 0.3) is 0 Å². The average Bonchev–Trinajstić information content (AvgIpc) is 2.98. The van der Waals surface area contributed by atoms with Crippen molar-refractivity contribution in [1.82, 2.24) is 4.72 Å². The Morgan fingerprint density at radius 1 is 1.41 bits per heavy atom.